The van der Waals surface area contributed by atoms with Crippen molar-refractivity contribution in [2.24, 2.45) is 0 Å². The van der Waals surface area contributed by atoms with Gasteiger partial charge in [0, 0.05) is 29.1 Å². The summed E-state index contributed by atoms with van der Waals surface area (Å²) < 4.78 is 0. The Hall–Kier alpha value is -2.85. The van der Waals surface area contributed by atoms with Crippen LogP contribution in [-0.4, -0.2) is 10.9 Å². The number of nitrogens with one attached hydrogen (secondary N) is 2. The predicted molar refractivity (Wildman–Crippen MR) is 101 cm³/mol. The highest BCUT2D eigenvalue weighted by Crippen LogP contribution is 2.26. The Morgan fingerprint density at radius 3 is 2.68 bits per heavy atom. The van der Waals surface area contributed by atoms with E-state index in [1.807, 2.05) is 61.5 Å². The number of rotatable bonds is 5. The molecular formula is C20H18ClN3O. The lowest BCUT2D eigenvalue weighted by Crippen LogP contribution is -2.23. The maximum Gasteiger partial charge on any atom is 0.270 e. The van der Waals surface area contributed by atoms with E-state index < -0.39 is 0 Å². The second kappa shape index (κ2) is 7.81. The molecule has 0 saturated heterocycles. The summed E-state index contributed by atoms with van der Waals surface area (Å²) in [5, 5.41) is 6.85. The van der Waals surface area contributed by atoms with Crippen LogP contribution in [0.25, 0.3) is 0 Å². The molecule has 0 aliphatic heterocycles. The molecule has 0 unspecified atom stereocenters. The first-order valence-electron chi connectivity index (χ1n) is 7.94. The molecule has 0 saturated carbocycles. The third kappa shape index (κ3) is 4.37. The lowest BCUT2D eigenvalue weighted by molar-refractivity contribution is 0.0946. The molecule has 4 nitrogen and oxygen atoms in total. The number of halogens is 1. The van der Waals surface area contributed by atoms with Gasteiger partial charge in [0.05, 0.1) is 0 Å². The first-order chi connectivity index (χ1) is 12.1. The number of hydrogen-bond donors (Lipinski definition) is 2. The fourth-order valence-electron chi connectivity index (χ4n) is 2.40. The van der Waals surface area contributed by atoms with Crippen molar-refractivity contribution in [3.63, 3.8) is 0 Å². The van der Waals surface area contributed by atoms with Gasteiger partial charge in [-0.3, -0.25) is 9.78 Å². The Morgan fingerprint density at radius 2 is 1.88 bits per heavy atom. The van der Waals surface area contributed by atoms with E-state index in [1.165, 1.54) is 0 Å². The van der Waals surface area contributed by atoms with Crippen LogP contribution in [0, 0.1) is 6.92 Å². The summed E-state index contributed by atoms with van der Waals surface area (Å²) in [6.45, 7) is 2.41. The third-order valence-electron chi connectivity index (χ3n) is 3.84. The van der Waals surface area contributed by atoms with Crippen molar-refractivity contribution >= 4 is 28.9 Å². The minimum absolute atomic E-state index is 0.213. The molecule has 0 aliphatic carbocycles. The van der Waals surface area contributed by atoms with Gasteiger partial charge in [0.25, 0.3) is 5.91 Å². The molecule has 3 rings (SSSR count). The second-order valence-electron chi connectivity index (χ2n) is 5.64. The van der Waals surface area contributed by atoms with Crippen molar-refractivity contribution < 1.29 is 4.79 Å². The molecule has 0 fully saturated rings. The van der Waals surface area contributed by atoms with Gasteiger partial charge >= 0.3 is 0 Å². The molecule has 1 amide bonds. The number of pyridine rings is 1. The molecule has 2 aromatic carbocycles. The van der Waals surface area contributed by atoms with Crippen molar-refractivity contribution in [3.05, 3.63) is 88.7 Å². The fourth-order valence-corrected chi connectivity index (χ4v) is 2.57. The van der Waals surface area contributed by atoms with Gasteiger partial charge in [0.15, 0.2) is 0 Å². The monoisotopic (exact) mass is 351 g/mol. The van der Waals surface area contributed by atoms with Crippen LogP contribution in [0.15, 0.2) is 66.9 Å². The molecule has 0 atom stereocenters. The Labute approximate surface area is 151 Å². The van der Waals surface area contributed by atoms with Gasteiger partial charge in [0.1, 0.15) is 5.69 Å². The van der Waals surface area contributed by atoms with E-state index in [2.05, 4.69) is 15.6 Å². The van der Waals surface area contributed by atoms with Crippen LogP contribution in [0.1, 0.15) is 21.6 Å². The van der Waals surface area contributed by atoms with Crippen LogP contribution in [0.3, 0.4) is 0 Å². The molecule has 126 valence electrons. The van der Waals surface area contributed by atoms with E-state index >= 15 is 0 Å². The molecule has 1 aromatic heterocycles. The molecular weight excluding hydrogens is 334 g/mol. The lowest BCUT2D eigenvalue weighted by Gasteiger charge is -2.11. The van der Waals surface area contributed by atoms with Crippen LogP contribution in [0.4, 0.5) is 11.4 Å². The fraction of sp³-hybridized carbons (Fsp3) is 0.100. The van der Waals surface area contributed by atoms with Gasteiger partial charge in [-0.2, -0.15) is 0 Å². The topological polar surface area (TPSA) is 54.0 Å². The Bertz CT molecular complexity index is 881. The second-order valence-corrected chi connectivity index (χ2v) is 6.04. The summed E-state index contributed by atoms with van der Waals surface area (Å²) in [4.78, 5) is 16.5. The van der Waals surface area contributed by atoms with Crippen LogP contribution in [-0.2, 0) is 6.54 Å². The van der Waals surface area contributed by atoms with Crippen LogP contribution >= 0.6 is 11.6 Å². The van der Waals surface area contributed by atoms with Gasteiger partial charge in [-0.15, -0.1) is 0 Å². The summed E-state index contributed by atoms with van der Waals surface area (Å²) in [5.41, 5.74) is 4.04. The van der Waals surface area contributed by atoms with Crippen molar-refractivity contribution in [2.45, 2.75) is 13.5 Å². The summed E-state index contributed by atoms with van der Waals surface area (Å²) in [5.74, 6) is -0.213. The number of hydrogen-bond acceptors (Lipinski definition) is 3. The quantitative estimate of drug-likeness (QED) is 0.699. The molecule has 2 N–H and O–H groups in total. The minimum Gasteiger partial charge on any atom is -0.355 e. The van der Waals surface area contributed by atoms with E-state index in [0.717, 1.165) is 22.5 Å². The van der Waals surface area contributed by atoms with E-state index in [-0.39, 0.29) is 5.91 Å². The van der Waals surface area contributed by atoms with Gasteiger partial charge in [-0.1, -0.05) is 48.0 Å². The van der Waals surface area contributed by atoms with Crippen molar-refractivity contribution in [1.82, 2.24) is 10.3 Å². The number of amides is 1. The normalized spacial score (nSPS) is 10.3. The number of nitrogens with zero attached hydrogens (tertiary/aromatic N) is 1. The first kappa shape index (κ1) is 17.0. The van der Waals surface area contributed by atoms with Gasteiger partial charge < -0.3 is 10.6 Å². The molecule has 0 spiro atoms. The summed E-state index contributed by atoms with van der Waals surface area (Å²) in [6.07, 6.45) is 1.61. The van der Waals surface area contributed by atoms with Crippen molar-refractivity contribution in [2.75, 3.05) is 5.32 Å². The van der Waals surface area contributed by atoms with Crippen LogP contribution in [0.5, 0.6) is 0 Å². The zero-order valence-electron chi connectivity index (χ0n) is 13.8. The number of benzene rings is 2. The number of anilines is 2. The average Bonchev–Trinajstić information content (AvgIpc) is 2.64. The van der Waals surface area contributed by atoms with E-state index in [0.29, 0.717) is 17.3 Å². The minimum atomic E-state index is -0.213. The lowest BCUT2D eigenvalue weighted by atomic mass is 10.2. The molecule has 5 heteroatoms. The predicted octanol–water partition coefficient (Wildman–Crippen LogP) is 4.72. The van der Waals surface area contributed by atoms with Gasteiger partial charge in [-0.25, -0.2) is 0 Å². The summed E-state index contributed by atoms with van der Waals surface area (Å²) >= 11 is 6.14. The van der Waals surface area contributed by atoms with E-state index in [4.69, 9.17) is 11.6 Å². The SMILES string of the molecule is Cc1c(Cl)cccc1Nc1ccnc(C(=O)NCc2ccccc2)c1. The number of carbonyl (C=O) groups is 1. The Morgan fingerprint density at radius 1 is 1.08 bits per heavy atom. The first-order valence-corrected chi connectivity index (χ1v) is 8.31. The van der Waals surface area contributed by atoms with Crippen LogP contribution < -0.4 is 10.6 Å². The zero-order valence-corrected chi connectivity index (χ0v) is 14.5. The van der Waals surface area contributed by atoms with Crippen molar-refractivity contribution in [1.29, 1.82) is 0 Å². The Balaban J connectivity index is 1.70. The molecule has 0 radical (unpaired) electrons. The maximum absolute atomic E-state index is 12.3. The number of carbonyl (C=O) groups excluding carboxylic acids is 1. The maximum atomic E-state index is 12.3. The molecule has 1 heterocycles. The smallest absolute Gasteiger partial charge is 0.270 e. The molecule has 25 heavy (non-hydrogen) atoms. The van der Waals surface area contributed by atoms with Gasteiger partial charge in [0.2, 0.25) is 0 Å². The standard InChI is InChI=1S/C20H18ClN3O/c1-14-17(21)8-5-9-18(14)24-16-10-11-22-19(12-16)20(25)23-13-15-6-3-2-4-7-15/h2-12H,13H2,1H3,(H,22,24)(H,23,25). The highest BCUT2D eigenvalue weighted by molar-refractivity contribution is 6.31. The third-order valence-corrected chi connectivity index (χ3v) is 4.24. The summed E-state index contributed by atoms with van der Waals surface area (Å²) in [7, 11) is 0. The molecule has 0 aliphatic rings. The van der Waals surface area contributed by atoms with Gasteiger partial charge in [-0.05, 0) is 42.3 Å². The zero-order chi connectivity index (χ0) is 17.6. The van der Waals surface area contributed by atoms with Crippen molar-refractivity contribution in [3.8, 4) is 0 Å². The summed E-state index contributed by atoms with van der Waals surface area (Å²) in [6, 6.07) is 19.0. The average molecular weight is 352 g/mol. The molecule has 3 aromatic rings. The highest BCUT2D eigenvalue weighted by Gasteiger charge is 2.09. The van der Waals surface area contributed by atoms with E-state index in [1.54, 1.807) is 12.3 Å². The number of aromatic nitrogens is 1. The highest BCUT2D eigenvalue weighted by atomic mass is 35.5. The van der Waals surface area contributed by atoms with E-state index in [9.17, 15) is 4.79 Å². The molecule has 0 bridgehead atoms. The Kier molecular flexibility index (Phi) is 5.31. The van der Waals surface area contributed by atoms with Crippen LogP contribution in [0.2, 0.25) is 5.02 Å². The largest absolute Gasteiger partial charge is 0.355 e.